The van der Waals surface area contributed by atoms with Crippen molar-refractivity contribution in [3.63, 3.8) is 0 Å². The van der Waals surface area contributed by atoms with Gasteiger partial charge in [-0.3, -0.25) is 0 Å². The summed E-state index contributed by atoms with van der Waals surface area (Å²) in [7, 11) is 1.91. The Balaban J connectivity index is 2.28. The molecule has 21 heavy (non-hydrogen) atoms. The van der Waals surface area contributed by atoms with Crippen LogP contribution in [0.25, 0.3) is 0 Å². The SMILES string of the molecule is CC(C)c1cc(CCl)cc(N(C)Cc2ccccc2F)n1. The second-order valence-electron chi connectivity index (χ2n) is 5.49. The normalized spacial score (nSPS) is 11.0. The number of hydrogen-bond donors (Lipinski definition) is 0. The number of rotatable bonds is 5. The van der Waals surface area contributed by atoms with E-state index in [1.54, 1.807) is 12.1 Å². The lowest BCUT2D eigenvalue weighted by Crippen LogP contribution is -2.19. The van der Waals surface area contributed by atoms with Gasteiger partial charge in [0.1, 0.15) is 11.6 Å². The van der Waals surface area contributed by atoms with Crippen molar-refractivity contribution in [3.05, 3.63) is 59.0 Å². The van der Waals surface area contributed by atoms with E-state index in [9.17, 15) is 4.39 Å². The minimum atomic E-state index is -0.193. The number of anilines is 1. The van der Waals surface area contributed by atoms with Crippen LogP contribution in [0, 0.1) is 5.82 Å². The van der Waals surface area contributed by atoms with Crippen LogP contribution in [0.3, 0.4) is 0 Å². The first-order chi connectivity index (χ1) is 10.0. The van der Waals surface area contributed by atoms with Crippen molar-refractivity contribution in [2.75, 3.05) is 11.9 Å². The van der Waals surface area contributed by atoms with Crippen LogP contribution >= 0.6 is 11.6 Å². The minimum Gasteiger partial charge on any atom is -0.355 e. The second kappa shape index (κ2) is 6.90. The number of alkyl halides is 1. The van der Waals surface area contributed by atoms with Crippen LogP contribution in [-0.4, -0.2) is 12.0 Å². The van der Waals surface area contributed by atoms with E-state index in [1.807, 2.05) is 30.1 Å². The van der Waals surface area contributed by atoms with Gasteiger partial charge in [-0.15, -0.1) is 11.6 Å². The van der Waals surface area contributed by atoms with Crippen molar-refractivity contribution in [2.45, 2.75) is 32.2 Å². The zero-order chi connectivity index (χ0) is 15.4. The summed E-state index contributed by atoms with van der Waals surface area (Å²) in [6.07, 6.45) is 0. The molecule has 2 nitrogen and oxygen atoms in total. The lowest BCUT2D eigenvalue weighted by Gasteiger charge is -2.21. The monoisotopic (exact) mass is 306 g/mol. The molecule has 0 unspecified atom stereocenters. The highest BCUT2D eigenvalue weighted by molar-refractivity contribution is 6.17. The lowest BCUT2D eigenvalue weighted by molar-refractivity contribution is 0.607. The Kier molecular flexibility index (Phi) is 5.18. The van der Waals surface area contributed by atoms with Gasteiger partial charge in [-0.25, -0.2) is 9.37 Å². The minimum absolute atomic E-state index is 0.193. The highest BCUT2D eigenvalue weighted by Crippen LogP contribution is 2.22. The summed E-state index contributed by atoms with van der Waals surface area (Å²) in [6, 6.07) is 10.8. The molecule has 0 saturated carbocycles. The van der Waals surface area contributed by atoms with Crippen LogP contribution in [0.1, 0.15) is 36.6 Å². The fourth-order valence-electron chi connectivity index (χ4n) is 2.13. The molecular weight excluding hydrogens is 287 g/mol. The van der Waals surface area contributed by atoms with Gasteiger partial charge in [-0.1, -0.05) is 32.0 Å². The van der Waals surface area contributed by atoms with Crippen molar-refractivity contribution in [1.82, 2.24) is 4.98 Å². The first-order valence-electron chi connectivity index (χ1n) is 7.02. The number of benzene rings is 1. The predicted molar refractivity (Wildman–Crippen MR) is 86.4 cm³/mol. The van der Waals surface area contributed by atoms with Crippen molar-refractivity contribution in [3.8, 4) is 0 Å². The molecule has 0 bridgehead atoms. The number of aromatic nitrogens is 1. The standard InChI is InChI=1S/C17H20ClFN2/c1-12(2)16-8-13(10-18)9-17(20-16)21(3)11-14-6-4-5-7-15(14)19/h4-9,12H,10-11H2,1-3H3. The molecule has 0 aliphatic heterocycles. The summed E-state index contributed by atoms with van der Waals surface area (Å²) >= 11 is 5.96. The highest BCUT2D eigenvalue weighted by Gasteiger charge is 2.11. The molecule has 0 aliphatic carbocycles. The second-order valence-corrected chi connectivity index (χ2v) is 5.76. The van der Waals surface area contributed by atoms with Gasteiger partial charge in [0, 0.05) is 30.7 Å². The van der Waals surface area contributed by atoms with Gasteiger partial charge in [0.25, 0.3) is 0 Å². The van der Waals surface area contributed by atoms with E-state index >= 15 is 0 Å². The first-order valence-corrected chi connectivity index (χ1v) is 7.56. The number of halogens is 2. The molecule has 1 heterocycles. The van der Waals surface area contributed by atoms with Gasteiger partial charge in [-0.2, -0.15) is 0 Å². The van der Waals surface area contributed by atoms with Crippen LogP contribution < -0.4 is 4.90 Å². The topological polar surface area (TPSA) is 16.1 Å². The Bertz CT molecular complexity index is 613. The number of pyridine rings is 1. The zero-order valence-corrected chi connectivity index (χ0v) is 13.4. The van der Waals surface area contributed by atoms with E-state index < -0.39 is 0 Å². The summed E-state index contributed by atoms with van der Waals surface area (Å²) in [5.74, 6) is 1.40. The van der Waals surface area contributed by atoms with Gasteiger partial charge in [0.15, 0.2) is 0 Å². The molecule has 2 aromatic rings. The first kappa shape index (κ1) is 15.8. The lowest BCUT2D eigenvalue weighted by atomic mass is 10.1. The molecule has 0 fully saturated rings. The van der Waals surface area contributed by atoms with Gasteiger partial charge in [-0.05, 0) is 29.7 Å². The van der Waals surface area contributed by atoms with Gasteiger partial charge in [0.2, 0.25) is 0 Å². The maximum atomic E-state index is 13.8. The molecule has 2 rings (SSSR count). The van der Waals surface area contributed by atoms with Gasteiger partial charge >= 0.3 is 0 Å². The molecule has 0 atom stereocenters. The Morgan fingerprint density at radius 1 is 1.24 bits per heavy atom. The molecule has 0 spiro atoms. The Labute approximate surface area is 130 Å². The summed E-state index contributed by atoms with van der Waals surface area (Å²) < 4.78 is 13.8. The third kappa shape index (κ3) is 3.94. The van der Waals surface area contributed by atoms with E-state index in [0.29, 0.717) is 23.9 Å². The molecular formula is C17H20ClFN2. The van der Waals surface area contributed by atoms with Crippen molar-refractivity contribution >= 4 is 17.4 Å². The maximum absolute atomic E-state index is 13.8. The fraction of sp³-hybridized carbons (Fsp3) is 0.353. The molecule has 1 aromatic carbocycles. The van der Waals surface area contributed by atoms with E-state index in [-0.39, 0.29) is 5.82 Å². The highest BCUT2D eigenvalue weighted by atomic mass is 35.5. The smallest absolute Gasteiger partial charge is 0.129 e. The van der Waals surface area contributed by atoms with Crippen LogP contribution in [0.5, 0.6) is 0 Å². The predicted octanol–water partition coefficient (Wildman–Crippen LogP) is 4.72. The summed E-state index contributed by atoms with van der Waals surface area (Å²) in [6.45, 7) is 4.67. The average molecular weight is 307 g/mol. The molecule has 0 aliphatic rings. The van der Waals surface area contributed by atoms with Crippen LogP contribution in [0.4, 0.5) is 10.2 Å². The molecule has 0 radical (unpaired) electrons. The van der Waals surface area contributed by atoms with E-state index in [1.165, 1.54) is 6.07 Å². The number of nitrogens with zero attached hydrogens (tertiary/aromatic N) is 2. The summed E-state index contributed by atoms with van der Waals surface area (Å²) in [5, 5.41) is 0. The Morgan fingerprint density at radius 2 is 1.95 bits per heavy atom. The van der Waals surface area contributed by atoms with E-state index in [4.69, 9.17) is 11.6 Å². The molecule has 1 aromatic heterocycles. The van der Waals surface area contributed by atoms with Crippen LogP contribution in [0.15, 0.2) is 36.4 Å². The van der Waals surface area contributed by atoms with Crippen molar-refractivity contribution < 1.29 is 4.39 Å². The van der Waals surface area contributed by atoms with Gasteiger partial charge in [0.05, 0.1) is 0 Å². The zero-order valence-electron chi connectivity index (χ0n) is 12.6. The maximum Gasteiger partial charge on any atom is 0.129 e. The quantitative estimate of drug-likeness (QED) is 0.743. The van der Waals surface area contributed by atoms with Crippen molar-refractivity contribution in [2.24, 2.45) is 0 Å². The largest absolute Gasteiger partial charge is 0.355 e. The van der Waals surface area contributed by atoms with Gasteiger partial charge < -0.3 is 4.90 Å². The Hall–Kier alpha value is -1.61. The Morgan fingerprint density at radius 3 is 2.57 bits per heavy atom. The van der Waals surface area contributed by atoms with Crippen LogP contribution in [0.2, 0.25) is 0 Å². The fourth-order valence-corrected chi connectivity index (χ4v) is 2.28. The molecule has 0 N–H and O–H groups in total. The van der Waals surface area contributed by atoms with E-state index in [2.05, 4.69) is 18.8 Å². The third-order valence-corrected chi connectivity index (χ3v) is 3.70. The van der Waals surface area contributed by atoms with E-state index in [0.717, 1.165) is 17.1 Å². The molecule has 112 valence electrons. The number of hydrogen-bond acceptors (Lipinski definition) is 2. The summed E-state index contributed by atoms with van der Waals surface area (Å²) in [4.78, 5) is 6.60. The average Bonchev–Trinajstić information content (AvgIpc) is 2.49. The van der Waals surface area contributed by atoms with Crippen molar-refractivity contribution in [1.29, 1.82) is 0 Å². The molecule has 0 saturated heterocycles. The summed E-state index contributed by atoms with van der Waals surface area (Å²) in [5.41, 5.74) is 2.69. The molecule has 0 amide bonds. The van der Waals surface area contributed by atoms with Crippen LogP contribution in [-0.2, 0) is 12.4 Å². The third-order valence-electron chi connectivity index (χ3n) is 3.39. The molecule has 4 heteroatoms.